The molecule has 1 N–H and O–H groups in total. The summed E-state index contributed by atoms with van der Waals surface area (Å²) in [5, 5.41) is 3.21. The third-order valence-electron chi connectivity index (χ3n) is 6.59. The van der Waals surface area contributed by atoms with Crippen molar-refractivity contribution in [1.29, 1.82) is 0 Å². The lowest BCUT2D eigenvalue weighted by Crippen LogP contribution is -2.38. The molecule has 7 rings (SSSR count). The summed E-state index contributed by atoms with van der Waals surface area (Å²) >= 11 is 3.19. The van der Waals surface area contributed by atoms with Crippen LogP contribution >= 0.6 is 22.7 Å². The van der Waals surface area contributed by atoms with Gasteiger partial charge in [-0.05, 0) is 47.6 Å². The van der Waals surface area contributed by atoms with Crippen LogP contribution in [-0.4, -0.2) is 9.55 Å². The number of nitrogens with one attached hydrogen (secondary N) is 1. The van der Waals surface area contributed by atoms with Crippen LogP contribution in [-0.2, 0) is 6.42 Å². The first-order valence-corrected chi connectivity index (χ1v) is 12.7. The summed E-state index contributed by atoms with van der Waals surface area (Å²) < 4.78 is 2.64. The van der Waals surface area contributed by atoms with E-state index in [-0.39, 0.29) is 11.6 Å². The third-order valence-corrected chi connectivity index (χ3v) is 8.50. The third kappa shape index (κ3) is 2.88. The fraction of sp³-hybridized carbons (Fsp3) is 0.111. The predicted molar refractivity (Wildman–Crippen MR) is 135 cm³/mol. The van der Waals surface area contributed by atoms with Gasteiger partial charge < -0.3 is 4.98 Å². The molecule has 1 unspecified atom stereocenters. The van der Waals surface area contributed by atoms with Gasteiger partial charge >= 0.3 is 0 Å². The number of nitrogens with zero attached hydrogens (tertiary/aromatic N) is 2. The zero-order valence-electron chi connectivity index (χ0n) is 17.6. The Balaban J connectivity index is 1.50. The number of allylic oxidation sites excluding steroid dienone is 1. The largest absolute Gasteiger partial charge is 0.361 e. The number of aromatic nitrogens is 2. The van der Waals surface area contributed by atoms with Gasteiger partial charge in [-0.25, -0.2) is 4.99 Å². The van der Waals surface area contributed by atoms with Crippen LogP contribution in [0, 0.1) is 0 Å². The van der Waals surface area contributed by atoms with Gasteiger partial charge in [-0.3, -0.25) is 9.36 Å². The van der Waals surface area contributed by atoms with Crippen molar-refractivity contribution in [2.75, 3.05) is 0 Å². The molecule has 0 bridgehead atoms. The minimum atomic E-state index is -0.0882. The molecule has 5 aromatic rings. The van der Waals surface area contributed by atoms with Crippen molar-refractivity contribution >= 4 is 45.3 Å². The molecule has 1 aliphatic heterocycles. The van der Waals surface area contributed by atoms with Gasteiger partial charge in [-0.15, -0.1) is 11.3 Å². The Bertz CT molecular complexity index is 1750. The van der Waals surface area contributed by atoms with E-state index >= 15 is 0 Å². The lowest BCUT2D eigenvalue weighted by molar-refractivity contribution is 0.593. The number of thiophene rings is 1. The molecule has 33 heavy (non-hydrogen) atoms. The number of rotatable bonds is 2. The second-order valence-electron chi connectivity index (χ2n) is 8.42. The van der Waals surface area contributed by atoms with Gasteiger partial charge in [0.25, 0.3) is 5.56 Å². The van der Waals surface area contributed by atoms with E-state index in [1.165, 1.54) is 32.9 Å². The number of thiazole rings is 1. The fourth-order valence-corrected chi connectivity index (χ4v) is 6.91. The van der Waals surface area contributed by atoms with Gasteiger partial charge in [0.05, 0.1) is 16.3 Å². The van der Waals surface area contributed by atoms with Crippen molar-refractivity contribution in [3.05, 3.63) is 119 Å². The van der Waals surface area contributed by atoms with Crippen molar-refractivity contribution in [1.82, 2.24) is 9.55 Å². The highest BCUT2D eigenvalue weighted by Crippen LogP contribution is 2.42. The highest BCUT2D eigenvalue weighted by atomic mass is 32.1. The number of aryl methyl sites for hydroxylation is 1. The van der Waals surface area contributed by atoms with Gasteiger partial charge in [0, 0.05) is 33.1 Å². The lowest BCUT2D eigenvalue weighted by Gasteiger charge is -2.30. The van der Waals surface area contributed by atoms with E-state index in [1.54, 1.807) is 11.3 Å². The Morgan fingerprint density at radius 2 is 1.91 bits per heavy atom. The van der Waals surface area contributed by atoms with Crippen molar-refractivity contribution in [3.63, 3.8) is 0 Å². The highest BCUT2D eigenvalue weighted by molar-refractivity contribution is 7.10. The monoisotopic (exact) mass is 465 g/mol. The first kappa shape index (κ1) is 19.0. The van der Waals surface area contributed by atoms with Crippen LogP contribution < -0.4 is 14.9 Å². The van der Waals surface area contributed by atoms with Crippen molar-refractivity contribution < 1.29 is 0 Å². The summed E-state index contributed by atoms with van der Waals surface area (Å²) in [6.07, 6.45) is 5.88. The molecule has 1 atom stereocenters. The molecule has 2 aromatic carbocycles. The average Bonchev–Trinajstić information content (AvgIpc) is 3.59. The van der Waals surface area contributed by atoms with Crippen LogP contribution in [0.1, 0.15) is 34.0 Å². The zero-order valence-corrected chi connectivity index (χ0v) is 19.2. The SMILES string of the molecule is O=c1/c(=C\c2c[nH]c3ccccc23)sc2n1C(c1cccs1)C1=C(N=2)c2ccccc2CC1. The van der Waals surface area contributed by atoms with Crippen LogP contribution in [0.4, 0.5) is 0 Å². The number of para-hydroxylation sites is 1. The Hall–Kier alpha value is -3.48. The summed E-state index contributed by atoms with van der Waals surface area (Å²) in [5.41, 5.74) is 6.97. The van der Waals surface area contributed by atoms with Crippen molar-refractivity contribution in [3.8, 4) is 0 Å². The molecule has 0 radical (unpaired) electrons. The molecule has 0 saturated carbocycles. The van der Waals surface area contributed by atoms with Gasteiger partial charge in [0.15, 0.2) is 4.80 Å². The normalized spacial score (nSPS) is 17.6. The molecule has 160 valence electrons. The molecule has 1 aliphatic carbocycles. The summed E-state index contributed by atoms with van der Waals surface area (Å²) in [6.45, 7) is 0. The number of aromatic amines is 1. The van der Waals surface area contributed by atoms with Crippen LogP contribution in [0.5, 0.6) is 0 Å². The summed E-state index contributed by atoms with van der Waals surface area (Å²) in [5.74, 6) is 0. The molecule has 3 aromatic heterocycles. The van der Waals surface area contributed by atoms with Gasteiger partial charge in [0.2, 0.25) is 0 Å². The summed E-state index contributed by atoms with van der Waals surface area (Å²) in [7, 11) is 0. The molecule has 0 fully saturated rings. The minimum Gasteiger partial charge on any atom is -0.361 e. The lowest BCUT2D eigenvalue weighted by atomic mass is 9.85. The average molecular weight is 466 g/mol. The van der Waals surface area contributed by atoms with Crippen LogP contribution in [0.2, 0.25) is 0 Å². The van der Waals surface area contributed by atoms with E-state index in [9.17, 15) is 4.79 Å². The molecule has 2 aliphatic rings. The molecule has 4 nitrogen and oxygen atoms in total. The molecular weight excluding hydrogens is 446 g/mol. The number of hydrogen-bond donors (Lipinski definition) is 1. The van der Waals surface area contributed by atoms with Gasteiger partial charge in [-0.1, -0.05) is 59.9 Å². The quantitative estimate of drug-likeness (QED) is 0.398. The predicted octanol–water partition coefficient (Wildman–Crippen LogP) is 4.86. The summed E-state index contributed by atoms with van der Waals surface area (Å²) in [4.78, 5) is 24.1. The van der Waals surface area contributed by atoms with Crippen LogP contribution in [0.3, 0.4) is 0 Å². The van der Waals surface area contributed by atoms with Crippen LogP contribution in [0.15, 0.2) is 87.6 Å². The molecule has 6 heteroatoms. The number of hydrogen-bond acceptors (Lipinski definition) is 4. The van der Waals surface area contributed by atoms with E-state index in [4.69, 9.17) is 4.99 Å². The van der Waals surface area contributed by atoms with Crippen molar-refractivity contribution in [2.45, 2.75) is 18.9 Å². The van der Waals surface area contributed by atoms with Gasteiger partial charge in [-0.2, -0.15) is 0 Å². The maximum atomic E-state index is 13.8. The molecule has 0 amide bonds. The van der Waals surface area contributed by atoms with E-state index in [2.05, 4.69) is 58.9 Å². The van der Waals surface area contributed by atoms with Gasteiger partial charge in [0.1, 0.15) is 0 Å². The fourth-order valence-electron chi connectivity index (χ4n) is 5.07. The first-order chi connectivity index (χ1) is 16.3. The van der Waals surface area contributed by atoms with E-state index in [0.717, 1.165) is 39.8 Å². The number of benzene rings is 2. The second-order valence-corrected chi connectivity index (χ2v) is 10.4. The van der Waals surface area contributed by atoms with Crippen LogP contribution in [0.25, 0.3) is 22.7 Å². The van der Waals surface area contributed by atoms with E-state index in [1.807, 2.05) is 29.0 Å². The molecular formula is C27H19N3OS2. The minimum absolute atomic E-state index is 0.0350. The number of H-pyrrole nitrogens is 1. The second kappa shape index (κ2) is 7.27. The first-order valence-electron chi connectivity index (χ1n) is 11.0. The Morgan fingerprint density at radius 1 is 1.03 bits per heavy atom. The maximum absolute atomic E-state index is 13.8. The van der Waals surface area contributed by atoms with E-state index in [0.29, 0.717) is 4.53 Å². The van der Waals surface area contributed by atoms with Crippen molar-refractivity contribution in [2.24, 2.45) is 4.99 Å². The Labute approximate surface area is 197 Å². The standard InChI is InChI=1S/C27H19N3OS2/c31-26-23(14-17-15-28-21-9-4-3-7-18(17)21)33-27-29-24-19-8-2-1-6-16(19)11-12-20(24)25(30(26)27)22-10-5-13-32-22/h1-10,13-15,25,28H,11-12H2/b23-14+. The van der Waals surface area contributed by atoms with E-state index < -0.39 is 0 Å². The molecule has 4 heterocycles. The number of fused-ring (bicyclic) bond motifs is 4. The Morgan fingerprint density at radius 3 is 2.82 bits per heavy atom. The molecule has 0 saturated heterocycles. The Kier molecular flexibility index (Phi) is 4.19. The summed E-state index contributed by atoms with van der Waals surface area (Å²) in [6, 6.07) is 20.8. The highest BCUT2D eigenvalue weighted by Gasteiger charge is 2.32. The smallest absolute Gasteiger partial charge is 0.271 e. The molecule has 0 spiro atoms. The maximum Gasteiger partial charge on any atom is 0.271 e. The zero-order chi connectivity index (χ0) is 21.9. The topological polar surface area (TPSA) is 50.1 Å².